The van der Waals surface area contributed by atoms with Crippen LogP contribution in [0.2, 0.25) is 0 Å². The van der Waals surface area contributed by atoms with Crippen molar-refractivity contribution in [3.8, 4) is 0 Å². The molecule has 0 radical (unpaired) electrons. The highest BCUT2D eigenvalue weighted by Crippen LogP contribution is 2.19. The van der Waals surface area contributed by atoms with Crippen LogP contribution in [0.4, 0.5) is 10.5 Å². The summed E-state index contributed by atoms with van der Waals surface area (Å²) in [5, 5.41) is 5.86. The van der Waals surface area contributed by atoms with Crippen LogP contribution in [0.25, 0.3) is 0 Å². The molecule has 1 fully saturated rings. The van der Waals surface area contributed by atoms with Gasteiger partial charge in [0.15, 0.2) is 0 Å². The highest BCUT2D eigenvalue weighted by Gasteiger charge is 2.14. The average molecular weight is 276 g/mol. The molecule has 4 heteroatoms. The Kier molecular flexibility index (Phi) is 5.41. The van der Waals surface area contributed by atoms with Crippen molar-refractivity contribution in [1.29, 1.82) is 0 Å². The quantitative estimate of drug-likeness (QED) is 0.887. The minimum Gasteiger partial charge on any atom is -0.381 e. The Morgan fingerprint density at radius 1 is 1.35 bits per heavy atom. The second kappa shape index (κ2) is 7.29. The molecule has 110 valence electrons. The molecule has 1 atom stereocenters. The lowest BCUT2D eigenvalue weighted by Crippen LogP contribution is -2.32. The van der Waals surface area contributed by atoms with E-state index >= 15 is 0 Å². The molecule has 2 rings (SSSR count). The molecule has 2 amide bonds. The first-order chi connectivity index (χ1) is 9.66. The van der Waals surface area contributed by atoms with Gasteiger partial charge in [0.1, 0.15) is 0 Å². The van der Waals surface area contributed by atoms with Crippen molar-refractivity contribution in [1.82, 2.24) is 5.32 Å². The zero-order valence-electron chi connectivity index (χ0n) is 12.4. The van der Waals surface area contributed by atoms with Crippen molar-refractivity contribution < 1.29 is 9.53 Å². The number of benzene rings is 1. The first-order valence-electron chi connectivity index (χ1n) is 7.35. The Balaban J connectivity index is 1.75. The highest BCUT2D eigenvalue weighted by molar-refractivity contribution is 5.90. The molecule has 0 aliphatic carbocycles. The molecule has 0 bridgehead atoms. The van der Waals surface area contributed by atoms with E-state index < -0.39 is 0 Å². The maximum absolute atomic E-state index is 11.9. The van der Waals surface area contributed by atoms with E-state index in [2.05, 4.69) is 10.6 Å². The summed E-state index contributed by atoms with van der Waals surface area (Å²) in [5.41, 5.74) is 3.08. The zero-order chi connectivity index (χ0) is 14.4. The second-order valence-electron chi connectivity index (χ2n) is 5.52. The minimum absolute atomic E-state index is 0.126. The number of hydrogen-bond donors (Lipinski definition) is 2. The molecule has 0 saturated carbocycles. The summed E-state index contributed by atoms with van der Waals surface area (Å²) in [6.45, 7) is 6.42. The number of rotatable bonds is 4. The third-order valence-electron chi connectivity index (χ3n) is 3.81. The maximum Gasteiger partial charge on any atom is 0.319 e. The van der Waals surface area contributed by atoms with Gasteiger partial charge in [0.05, 0.1) is 0 Å². The van der Waals surface area contributed by atoms with Crippen LogP contribution in [-0.4, -0.2) is 25.8 Å². The van der Waals surface area contributed by atoms with Gasteiger partial charge in [-0.2, -0.15) is 0 Å². The molecule has 0 aromatic heterocycles. The largest absolute Gasteiger partial charge is 0.381 e. The van der Waals surface area contributed by atoms with Gasteiger partial charge in [-0.25, -0.2) is 4.79 Å². The number of nitrogens with one attached hydrogen (secondary N) is 2. The lowest BCUT2D eigenvalue weighted by Gasteiger charge is -2.22. The van der Waals surface area contributed by atoms with E-state index in [9.17, 15) is 4.79 Å². The summed E-state index contributed by atoms with van der Waals surface area (Å²) in [4.78, 5) is 11.9. The number of ether oxygens (including phenoxy) is 1. The molecule has 1 aromatic carbocycles. The molecule has 20 heavy (non-hydrogen) atoms. The predicted molar refractivity (Wildman–Crippen MR) is 81.1 cm³/mol. The molecule has 2 N–H and O–H groups in total. The fourth-order valence-electron chi connectivity index (χ4n) is 2.59. The molecule has 1 aliphatic rings. The van der Waals surface area contributed by atoms with Crippen LogP contribution in [-0.2, 0) is 4.74 Å². The van der Waals surface area contributed by atoms with Crippen LogP contribution in [0.5, 0.6) is 0 Å². The number of para-hydroxylation sites is 1. The second-order valence-corrected chi connectivity index (χ2v) is 5.52. The SMILES string of the molecule is Cc1cccc(C)c1NC(=O)NCCC1CCCOC1. The Morgan fingerprint density at radius 3 is 2.75 bits per heavy atom. The fraction of sp³-hybridized carbons (Fsp3) is 0.562. The first kappa shape index (κ1) is 14.9. The number of urea groups is 1. The number of anilines is 1. The van der Waals surface area contributed by atoms with E-state index in [0.29, 0.717) is 12.5 Å². The van der Waals surface area contributed by atoms with Crippen molar-refractivity contribution in [2.75, 3.05) is 25.1 Å². The van der Waals surface area contributed by atoms with Crippen molar-refractivity contribution in [3.63, 3.8) is 0 Å². The van der Waals surface area contributed by atoms with E-state index in [4.69, 9.17) is 4.74 Å². The predicted octanol–water partition coefficient (Wildman–Crippen LogP) is 3.24. The summed E-state index contributed by atoms with van der Waals surface area (Å²) in [6, 6.07) is 5.87. The Morgan fingerprint density at radius 2 is 2.10 bits per heavy atom. The van der Waals surface area contributed by atoms with Crippen LogP contribution in [0.3, 0.4) is 0 Å². The van der Waals surface area contributed by atoms with Gasteiger partial charge in [-0.05, 0) is 50.2 Å². The summed E-state index contributed by atoms with van der Waals surface area (Å²) < 4.78 is 5.44. The fourth-order valence-corrected chi connectivity index (χ4v) is 2.59. The first-order valence-corrected chi connectivity index (χ1v) is 7.35. The zero-order valence-corrected chi connectivity index (χ0v) is 12.4. The van der Waals surface area contributed by atoms with Crippen molar-refractivity contribution in [2.24, 2.45) is 5.92 Å². The smallest absolute Gasteiger partial charge is 0.319 e. The van der Waals surface area contributed by atoms with E-state index in [-0.39, 0.29) is 6.03 Å². The molecule has 1 aliphatic heterocycles. The van der Waals surface area contributed by atoms with Crippen molar-refractivity contribution in [2.45, 2.75) is 33.1 Å². The number of aryl methyl sites for hydroxylation is 2. The van der Waals surface area contributed by atoms with Crippen molar-refractivity contribution >= 4 is 11.7 Å². The number of amides is 2. The number of carbonyl (C=O) groups excluding carboxylic acids is 1. The maximum atomic E-state index is 11.9. The summed E-state index contributed by atoms with van der Waals surface area (Å²) >= 11 is 0. The molecular weight excluding hydrogens is 252 g/mol. The lowest BCUT2D eigenvalue weighted by atomic mass is 9.99. The van der Waals surface area contributed by atoms with Gasteiger partial charge in [-0.15, -0.1) is 0 Å². The topological polar surface area (TPSA) is 50.4 Å². The molecule has 0 spiro atoms. The van der Waals surface area contributed by atoms with Crippen molar-refractivity contribution in [3.05, 3.63) is 29.3 Å². The molecule has 1 aromatic rings. The third-order valence-corrected chi connectivity index (χ3v) is 3.81. The summed E-state index contributed by atoms with van der Waals surface area (Å²) in [5.74, 6) is 0.587. The monoisotopic (exact) mass is 276 g/mol. The molecule has 1 unspecified atom stereocenters. The Hall–Kier alpha value is -1.55. The van der Waals surface area contributed by atoms with E-state index in [0.717, 1.165) is 42.9 Å². The minimum atomic E-state index is -0.126. The van der Waals surface area contributed by atoms with Crippen LogP contribution < -0.4 is 10.6 Å². The molecule has 4 nitrogen and oxygen atoms in total. The molecule has 1 heterocycles. The summed E-state index contributed by atoms with van der Waals surface area (Å²) in [7, 11) is 0. The van der Waals surface area contributed by atoms with Crippen LogP contribution >= 0.6 is 0 Å². The molecular formula is C16H24N2O2. The lowest BCUT2D eigenvalue weighted by molar-refractivity contribution is 0.0520. The van der Waals surface area contributed by atoms with Gasteiger partial charge in [0.2, 0.25) is 0 Å². The number of hydrogen-bond acceptors (Lipinski definition) is 2. The molecule has 1 saturated heterocycles. The van der Waals surface area contributed by atoms with Gasteiger partial charge < -0.3 is 15.4 Å². The van der Waals surface area contributed by atoms with Gasteiger partial charge in [-0.1, -0.05) is 18.2 Å². The average Bonchev–Trinajstić information content (AvgIpc) is 2.44. The van der Waals surface area contributed by atoms with Gasteiger partial charge in [-0.3, -0.25) is 0 Å². The van der Waals surface area contributed by atoms with Gasteiger partial charge >= 0.3 is 6.03 Å². The summed E-state index contributed by atoms with van der Waals surface area (Å²) in [6.07, 6.45) is 3.33. The van der Waals surface area contributed by atoms with E-state index in [1.807, 2.05) is 32.0 Å². The highest BCUT2D eigenvalue weighted by atomic mass is 16.5. The van der Waals surface area contributed by atoms with E-state index in [1.165, 1.54) is 6.42 Å². The Labute approximate surface area is 120 Å². The van der Waals surface area contributed by atoms with Crippen LogP contribution in [0.1, 0.15) is 30.4 Å². The van der Waals surface area contributed by atoms with Crippen LogP contribution in [0.15, 0.2) is 18.2 Å². The van der Waals surface area contributed by atoms with E-state index in [1.54, 1.807) is 0 Å². The standard InChI is InChI=1S/C16H24N2O2/c1-12-5-3-6-13(2)15(12)18-16(19)17-9-8-14-7-4-10-20-11-14/h3,5-6,14H,4,7-11H2,1-2H3,(H2,17,18,19). The Bertz CT molecular complexity index is 434. The van der Waals surface area contributed by atoms with Gasteiger partial charge in [0.25, 0.3) is 0 Å². The van der Waals surface area contributed by atoms with Crippen LogP contribution in [0, 0.1) is 19.8 Å². The third kappa shape index (κ3) is 4.23. The normalized spacial score (nSPS) is 18.6. The van der Waals surface area contributed by atoms with Gasteiger partial charge in [0, 0.05) is 25.4 Å². The number of carbonyl (C=O) groups is 1.